The summed E-state index contributed by atoms with van der Waals surface area (Å²) >= 11 is 3.37. The molecule has 0 unspecified atom stereocenters. The lowest BCUT2D eigenvalue weighted by molar-refractivity contribution is -0.134. The van der Waals surface area contributed by atoms with Gasteiger partial charge in [-0.05, 0) is 37.5 Å². The van der Waals surface area contributed by atoms with Crippen molar-refractivity contribution in [3.8, 4) is 0 Å². The number of carbonyl (C=O) groups is 2. The van der Waals surface area contributed by atoms with Crippen molar-refractivity contribution in [2.24, 2.45) is 5.41 Å². The Morgan fingerprint density at radius 3 is 2.62 bits per heavy atom. The summed E-state index contributed by atoms with van der Waals surface area (Å²) in [5.74, 6) is -0.334. The molecule has 0 aromatic heterocycles. The molecule has 114 valence electrons. The number of nitrogens with one attached hydrogen (secondary N) is 2. The van der Waals surface area contributed by atoms with Crippen LogP contribution in [0.2, 0.25) is 0 Å². The van der Waals surface area contributed by atoms with Gasteiger partial charge >= 0.3 is 0 Å². The number of benzene rings is 1. The molecule has 1 aromatic rings. The first kappa shape index (κ1) is 16.0. The van der Waals surface area contributed by atoms with Gasteiger partial charge in [0, 0.05) is 16.7 Å². The van der Waals surface area contributed by atoms with Gasteiger partial charge in [-0.2, -0.15) is 0 Å². The fraction of sp³-hybridized carbons (Fsp3) is 0.500. The van der Waals surface area contributed by atoms with Gasteiger partial charge in [0.25, 0.3) is 0 Å². The number of anilines is 1. The highest BCUT2D eigenvalue weighted by molar-refractivity contribution is 9.10. The predicted octanol–water partition coefficient (Wildman–Crippen LogP) is 3.47. The minimum atomic E-state index is -0.853. The third-order valence-corrected chi connectivity index (χ3v) is 4.26. The first-order chi connectivity index (χ1) is 10.1. The highest BCUT2D eigenvalue weighted by Gasteiger charge is 2.56. The van der Waals surface area contributed by atoms with Crippen molar-refractivity contribution in [2.75, 3.05) is 11.9 Å². The van der Waals surface area contributed by atoms with Gasteiger partial charge in [-0.25, -0.2) is 0 Å². The summed E-state index contributed by atoms with van der Waals surface area (Å²) in [5.41, 5.74) is -0.145. The molecule has 0 aliphatic heterocycles. The first-order valence-corrected chi connectivity index (χ1v) is 8.23. The Balaban J connectivity index is 1.90. The van der Waals surface area contributed by atoms with Crippen LogP contribution in [0.25, 0.3) is 0 Å². The van der Waals surface area contributed by atoms with Crippen LogP contribution in [0, 0.1) is 5.41 Å². The van der Waals surface area contributed by atoms with Crippen LogP contribution >= 0.6 is 15.9 Å². The monoisotopic (exact) mass is 352 g/mol. The zero-order valence-electron chi connectivity index (χ0n) is 12.2. The predicted molar refractivity (Wildman–Crippen MR) is 87.0 cm³/mol. The molecule has 1 aromatic carbocycles. The molecule has 2 N–H and O–H groups in total. The maximum Gasteiger partial charge on any atom is 0.240 e. The average molecular weight is 353 g/mol. The van der Waals surface area contributed by atoms with Crippen molar-refractivity contribution in [1.29, 1.82) is 0 Å². The van der Waals surface area contributed by atoms with Gasteiger partial charge in [0.2, 0.25) is 11.8 Å². The summed E-state index contributed by atoms with van der Waals surface area (Å²) in [7, 11) is 0. The maximum absolute atomic E-state index is 12.4. The van der Waals surface area contributed by atoms with E-state index in [1.165, 1.54) is 0 Å². The lowest BCUT2D eigenvalue weighted by Gasteiger charge is -2.15. The Bertz CT molecular complexity index is 527. The number of unbranched alkanes of at least 4 members (excludes halogenated alkanes) is 2. The second-order valence-corrected chi connectivity index (χ2v) is 6.43. The number of hydrogen-bond donors (Lipinski definition) is 2. The molecule has 1 aliphatic rings. The Morgan fingerprint density at radius 2 is 2.00 bits per heavy atom. The van der Waals surface area contributed by atoms with Gasteiger partial charge < -0.3 is 10.6 Å². The van der Waals surface area contributed by atoms with E-state index in [0.29, 0.717) is 25.1 Å². The summed E-state index contributed by atoms with van der Waals surface area (Å²) in [6, 6.07) is 7.39. The zero-order valence-corrected chi connectivity index (χ0v) is 13.8. The van der Waals surface area contributed by atoms with E-state index in [4.69, 9.17) is 0 Å². The van der Waals surface area contributed by atoms with E-state index in [-0.39, 0.29) is 11.8 Å². The molecule has 0 saturated heterocycles. The Kier molecular flexibility index (Phi) is 5.39. The molecule has 0 heterocycles. The number of carbonyl (C=O) groups excluding carboxylic acids is 2. The molecule has 1 aliphatic carbocycles. The van der Waals surface area contributed by atoms with E-state index in [9.17, 15) is 9.59 Å². The average Bonchev–Trinajstić information content (AvgIpc) is 3.25. The summed E-state index contributed by atoms with van der Waals surface area (Å²) in [5, 5.41) is 5.73. The fourth-order valence-corrected chi connectivity index (χ4v) is 2.64. The van der Waals surface area contributed by atoms with Gasteiger partial charge in [0.05, 0.1) is 0 Å². The van der Waals surface area contributed by atoms with E-state index in [0.717, 1.165) is 23.7 Å². The molecule has 0 spiro atoms. The molecule has 2 amide bonds. The largest absolute Gasteiger partial charge is 0.355 e. The standard InChI is InChI=1S/C16H21BrN2O2/c1-2-3-4-10-18-14(20)16(8-9-16)15(21)19-13-7-5-6-12(17)11-13/h5-7,11H,2-4,8-10H2,1H3,(H,18,20)(H,19,21). The second kappa shape index (κ2) is 7.07. The molecule has 1 saturated carbocycles. The molecule has 0 bridgehead atoms. The molecule has 21 heavy (non-hydrogen) atoms. The summed E-state index contributed by atoms with van der Waals surface area (Å²) < 4.78 is 0.897. The number of hydrogen-bond acceptors (Lipinski definition) is 2. The topological polar surface area (TPSA) is 58.2 Å². The van der Waals surface area contributed by atoms with Crippen molar-refractivity contribution >= 4 is 33.4 Å². The van der Waals surface area contributed by atoms with E-state index < -0.39 is 5.41 Å². The minimum Gasteiger partial charge on any atom is -0.355 e. The fourth-order valence-electron chi connectivity index (χ4n) is 2.25. The normalized spacial score (nSPS) is 15.3. The van der Waals surface area contributed by atoms with Crippen LogP contribution in [0.1, 0.15) is 39.0 Å². The molecular weight excluding hydrogens is 332 g/mol. The van der Waals surface area contributed by atoms with E-state index in [1.54, 1.807) is 0 Å². The van der Waals surface area contributed by atoms with Gasteiger partial charge in [-0.1, -0.05) is 41.8 Å². The van der Waals surface area contributed by atoms with Gasteiger partial charge in [0.15, 0.2) is 0 Å². The van der Waals surface area contributed by atoms with E-state index >= 15 is 0 Å². The third-order valence-electron chi connectivity index (χ3n) is 3.77. The molecule has 4 nitrogen and oxygen atoms in total. The van der Waals surface area contributed by atoms with Crippen molar-refractivity contribution in [1.82, 2.24) is 5.32 Å². The van der Waals surface area contributed by atoms with Gasteiger partial charge in [-0.15, -0.1) is 0 Å². The zero-order chi connectivity index (χ0) is 15.3. The van der Waals surface area contributed by atoms with Crippen molar-refractivity contribution < 1.29 is 9.59 Å². The van der Waals surface area contributed by atoms with Crippen LogP contribution < -0.4 is 10.6 Å². The van der Waals surface area contributed by atoms with E-state index in [2.05, 4.69) is 33.5 Å². The smallest absolute Gasteiger partial charge is 0.240 e. The molecular formula is C16H21BrN2O2. The van der Waals surface area contributed by atoms with Crippen LogP contribution in [-0.2, 0) is 9.59 Å². The summed E-state index contributed by atoms with van der Waals surface area (Å²) in [4.78, 5) is 24.6. The highest BCUT2D eigenvalue weighted by atomic mass is 79.9. The van der Waals surface area contributed by atoms with E-state index in [1.807, 2.05) is 24.3 Å². The lowest BCUT2D eigenvalue weighted by atomic mass is 10.0. The molecule has 2 rings (SSSR count). The summed E-state index contributed by atoms with van der Waals surface area (Å²) in [6.07, 6.45) is 4.44. The number of rotatable bonds is 7. The molecule has 5 heteroatoms. The Labute approximate surface area is 133 Å². The quantitative estimate of drug-likeness (QED) is 0.583. The maximum atomic E-state index is 12.4. The SMILES string of the molecule is CCCCCNC(=O)C1(C(=O)Nc2cccc(Br)c2)CC1. The van der Waals surface area contributed by atoms with Crippen LogP contribution in [0.4, 0.5) is 5.69 Å². The van der Waals surface area contributed by atoms with Gasteiger partial charge in [-0.3, -0.25) is 9.59 Å². The summed E-state index contributed by atoms with van der Waals surface area (Å²) in [6.45, 7) is 2.77. The Morgan fingerprint density at radius 1 is 1.24 bits per heavy atom. The van der Waals surface area contributed by atoms with Crippen LogP contribution in [-0.4, -0.2) is 18.4 Å². The first-order valence-electron chi connectivity index (χ1n) is 7.44. The highest BCUT2D eigenvalue weighted by Crippen LogP contribution is 2.46. The van der Waals surface area contributed by atoms with Crippen molar-refractivity contribution in [3.05, 3.63) is 28.7 Å². The third kappa shape index (κ3) is 4.06. The van der Waals surface area contributed by atoms with Crippen molar-refractivity contribution in [3.63, 3.8) is 0 Å². The van der Waals surface area contributed by atoms with Crippen LogP contribution in [0.3, 0.4) is 0 Å². The van der Waals surface area contributed by atoms with Crippen molar-refractivity contribution in [2.45, 2.75) is 39.0 Å². The Hall–Kier alpha value is -1.36. The van der Waals surface area contributed by atoms with Gasteiger partial charge in [0.1, 0.15) is 5.41 Å². The molecule has 1 fully saturated rings. The number of halogens is 1. The number of amides is 2. The van der Waals surface area contributed by atoms with Crippen LogP contribution in [0.5, 0.6) is 0 Å². The minimum absolute atomic E-state index is 0.133. The van der Waals surface area contributed by atoms with Crippen LogP contribution in [0.15, 0.2) is 28.7 Å². The second-order valence-electron chi connectivity index (χ2n) is 5.51. The molecule has 0 atom stereocenters. The molecule has 0 radical (unpaired) electrons. The lowest BCUT2D eigenvalue weighted by Crippen LogP contribution is -2.40.